The summed E-state index contributed by atoms with van der Waals surface area (Å²) < 4.78 is 0. The molecule has 6 heteroatoms. The number of nitrogens with two attached hydrogens (primary N) is 1. The number of nitrogens with zero attached hydrogens (tertiary/aromatic N) is 2. The zero-order valence-corrected chi connectivity index (χ0v) is 15.3. The maximum absolute atomic E-state index is 12.9. The number of nitrogens with one attached hydrogen (secondary N) is 1. The Morgan fingerprint density at radius 2 is 2.04 bits per heavy atom. The average molecular weight is 356 g/mol. The molecule has 0 aliphatic heterocycles. The zero-order valence-electron chi connectivity index (χ0n) is 14.4. The van der Waals surface area contributed by atoms with Crippen LogP contribution in [0.15, 0.2) is 24.4 Å². The van der Waals surface area contributed by atoms with Crippen molar-refractivity contribution in [1.29, 1.82) is 0 Å². The molecule has 2 atom stereocenters. The lowest BCUT2D eigenvalue weighted by Crippen LogP contribution is -2.53. The lowest BCUT2D eigenvalue weighted by molar-refractivity contribution is 0.0759. The third kappa shape index (κ3) is 3.33. The van der Waals surface area contributed by atoms with Crippen molar-refractivity contribution in [3.05, 3.63) is 35.0 Å². The van der Waals surface area contributed by atoms with Crippen molar-refractivity contribution in [2.24, 2.45) is 17.6 Å². The highest BCUT2D eigenvalue weighted by atomic mass is 32.1. The molecular formula is C19H24N4OS. The van der Waals surface area contributed by atoms with Crippen LogP contribution in [0.2, 0.25) is 0 Å². The lowest BCUT2D eigenvalue weighted by Gasteiger charge is -2.45. The Bertz CT molecular complexity index is 746. The minimum absolute atomic E-state index is 0.00884. The molecule has 4 rings (SSSR count). The largest absolute Gasteiger partial charge is 0.348 e. The topological polar surface area (TPSA) is 80.9 Å². The van der Waals surface area contributed by atoms with Crippen LogP contribution in [0.1, 0.15) is 47.5 Å². The maximum atomic E-state index is 12.9. The minimum atomic E-state index is 0.00884. The number of hydrogen-bond acceptors (Lipinski definition) is 5. The Kier molecular flexibility index (Phi) is 4.56. The molecule has 2 heterocycles. The van der Waals surface area contributed by atoms with Gasteiger partial charge in [-0.3, -0.25) is 9.78 Å². The molecule has 25 heavy (non-hydrogen) atoms. The Hall–Kier alpha value is -1.79. The summed E-state index contributed by atoms with van der Waals surface area (Å²) in [6.45, 7) is 1.90. The number of amides is 1. The van der Waals surface area contributed by atoms with Crippen LogP contribution in [-0.2, 0) is 0 Å². The van der Waals surface area contributed by atoms with Crippen LogP contribution in [0.25, 0.3) is 10.7 Å². The van der Waals surface area contributed by atoms with Gasteiger partial charge in [0.1, 0.15) is 9.88 Å². The van der Waals surface area contributed by atoms with Gasteiger partial charge in [-0.1, -0.05) is 12.5 Å². The number of aromatic nitrogens is 2. The monoisotopic (exact) mass is 356 g/mol. The van der Waals surface area contributed by atoms with Crippen molar-refractivity contribution in [2.45, 2.75) is 51.1 Å². The van der Waals surface area contributed by atoms with Gasteiger partial charge in [0.25, 0.3) is 5.91 Å². The SMILES string of the molecule is Cc1nc(-c2ccccn2)sc1C(=O)NC1C2CCCC1CC(N)C2. The maximum Gasteiger partial charge on any atom is 0.263 e. The first-order chi connectivity index (χ1) is 12.1. The Balaban J connectivity index is 1.53. The lowest BCUT2D eigenvalue weighted by atomic mass is 9.67. The third-order valence-corrected chi connectivity index (χ3v) is 6.74. The van der Waals surface area contributed by atoms with Crippen molar-refractivity contribution in [2.75, 3.05) is 0 Å². The van der Waals surface area contributed by atoms with Gasteiger partial charge in [0, 0.05) is 18.3 Å². The number of aryl methyl sites for hydroxylation is 1. The first kappa shape index (κ1) is 16.7. The van der Waals surface area contributed by atoms with Crippen LogP contribution in [0, 0.1) is 18.8 Å². The Morgan fingerprint density at radius 3 is 2.72 bits per heavy atom. The van der Waals surface area contributed by atoms with Gasteiger partial charge in [-0.25, -0.2) is 4.98 Å². The summed E-state index contributed by atoms with van der Waals surface area (Å²) in [5, 5.41) is 4.12. The van der Waals surface area contributed by atoms with Gasteiger partial charge >= 0.3 is 0 Å². The molecule has 2 aromatic rings. The van der Waals surface area contributed by atoms with Gasteiger partial charge in [-0.15, -0.1) is 11.3 Å². The normalized spacial score (nSPS) is 28.6. The van der Waals surface area contributed by atoms with E-state index in [9.17, 15) is 4.79 Å². The highest BCUT2D eigenvalue weighted by molar-refractivity contribution is 7.17. The zero-order chi connectivity index (χ0) is 17.4. The first-order valence-electron chi connectivity index (χ1n) is 9.07. The third-order valence-electron chi connectivity index (χ3n) is 5.56. The number of fused-ring (bicyclic) bond motifs is 2. The Labute approximate surface area is 152 Å². The molecule has 132 valence electrons. The van der Waals surface area contributed by atoms with Gasteiger partial charge in [0.2, 0.25) is 0 Å². The molecular weight excluding hydrogens is 332 g/mol. The molecule has 2 bridgehead atoms. The van der Waals surface area contributed by atoms with E-state index in [1.54, 1.807) is 6.20 Å². The predicted octanol–water partition coefficient (Wildman–Crippen LogP) is 3.15. The molecule has 0 spiro atoms. The highest BCUT2D eigenvalue weighted by Crippen LogP contribution is 2.40. The molecule has 2 fully saturated rings. The molecule has 2 aliphatic carbocycles. The van der Waals surface area contributed by atoms with E-state index in [-0.39, 0.29) is 11.9 Å². The van der Waals surface area contributed by atoms with E-state index in [1.165, 1.54) is 30.6 Å². The van der Waals surface area contributed by atoms with Gasteiger partial charge in [0.05, 0.1) is 11.4 Å². The summed E-state index contributed by atoms with van der Waals surface area (Å²) >= 11 is 1.43. The predicted molar refractivity (Wildman–Crippen MR) is 99.4 cm³/mol. The number of hydrogen-bond donors (Lipinski definition) is 2. The number of rotatable bonds is 3. The van der Waals surface area contributed by atoms with Crippen LogP contribution in [0.5, 0.6) is 0 Å². The molecule has 3 N–H and O–H groups in total. The Morgan fingerprint density at radius 1 is 1.28 bits per heavy atom. The molecule has 2 saturated carbocycles. The molecule has 2 aromatic heterocycles. The second-order valence-corrected chi connectivity index (χ2v) is 8.33. The summed E-state index contributed by atoms with van der Waals surface area (Å²) in [7, 11) is 0. The molecule has 1 amide bonds. The van der Waals surface area contributed by atoms with Gasteiger partial charge in [-0.2, -0.15) is 0 Å². The van der Waals surface area contributed by atoms with Crippen LogP contribution in [-0.4, -0.2) is 28.0 Å². The summed E-state index contributed by atoms with van der Waals surface area (Å²) in [6.07, 6.45) is 7.42. The highest BCUT2D eigenvalue weighted by Gasteiger charge is 2.40. The first-order valence-corrected chi connectivity index (χ1v) is 9.88. The second-order valence-electron chi connectivity index (χ2n) is 7.33. The molecule has 2 unspecified atom stereocenters. The second kappa shape index (κ2) is 6.84. The molecule has 0 saturated heterocycles. The van der Waals surface area contributed by atoms with E-state index in [0.29, 0.717) is 22.8 Å². The van der Waals surface area contributed by atoms with E-state index >= 15 is 0 Å². The fourth-order valence-corrected chi connectivity index (χ4v) is 5.39. The van der Waals surface area contributed by atoms with Crippen molar-refractivity contribution in [1.82, 2.24) is 15.3 Å². The quantitative estimate of drug-likeness (QED) is 0.885. The van der Waals surface area contributed by atoms with Crippen molar-refractivity contribution in [3.8, 4) is 10.7 Å². The fourth-order valence-electron chi connectivity index (χ4n) is 4.45. The number of pyridine rings is 1. The fraction of sp³-hybridized carbons (Fsp3) is 0.526. The van der Waals surface area contributed by atoms with Gasteiger partial charge < -0.3 is 11.1 Å². The summed E-state index contributed by atoms with van der Waals surface area (Å²) in [5.41, 5.74) is 7.79. The smallest absolute Gasteiger partial charge is 0.263 e. The molecule has 0 aromatic carbocycles. The molecule has 5 nitrogen and oxygen atoms in total. The number of carbonyl (C=O) groups excluding carboxylic acids is 1. The van der Waals surface area contributed by atoms with Crippen LogP contribution in [0.4, 0.5) is 0 Å². The van der Waals surface area contributed by atoms with Gasteiger partial charge in [0.15, 0.2) is 0 Å². The van der Waals surface area contributed by atoms with Crippen molar-refractivity contribution >= 4 is 17.2 Å². The van der Waals surface area contributed by atoms with E-state index in [1.807, 2.05) is 25.1 Å². The number of thiazole rings is 1. The summed E-state index contributed by atoms with van der Waals surface area (Å²) in [4.78, 5) is 22.5. The summed E-state index contributed by atoms with van der Waals surface area (Å²) in [5.74, 6) is 1.06. The van der Waals surface area contributed by atoms with Crippen LogP contribution >= 0.6 is 11.3 Å². The van der Waals surface area contributed by atoms with E-state index in [2.05, 4.69) is 15.3 Å². The molecule has 0 radical (unpaired) electrons. The van der Waals surface area contributed by atoms with Crippen LogP contribution in [0.3, 0.4) is 0 Å². The van der Waals surface area contributed by atoms with E-state index in [0.717, 1.165) is 29.2 Å². The standard InChI is InChI=1S/C19H24N4OS/c1-11-17(25-19(22-11)15-7-2-3-8-21-15)18(24)23-16-12-5-4-6-13(16)10-14(20)9-12/h2-3,7-8,12-14,16H,4-6,9-10,20H2,1H3,(H,23,24). The molecule has 2 aliphatic rings. The minimum Gasteiger partial charge on any atom is -0.348 e. The van der Waals surface area contributed by atoms with E-state index in [4.69, 9.17) is 5.73 Å². The van der Waals surface area contributed by atoms with Crippen molar-refractivity contribution in [3.63, 3.8) is 0 Å². The van der Waals surface area contributed by atoms with Crippen LogP contribution < -0.4 is 11.1 Å². The number of carbonyl (C=O) groups is 1. The van der Waals surface area contributed by atoms with Crippen molar-refractivity contribution < 1.29 is 4.79 Å². The average Bonchev–Trinajstić information content (AvgIpc) is 2.98. The summed E-state index contributed by atoms with van der Waals surface area (Å²) in [6, 6.07) is 6.30. The van der Waals surface area contributed by atoms with E-state index < -0.39 is 0 Å². The van der Waals surface area contributed by atoms with Gasteiger partial charge in [-0.05, 0) is 56.6 Å².